The fourth-order valence-corrected chi connectivity index (χ4v) is 2.98. The molecule has 0 spiro atoms. The highest BCUT2D eigenvalue weighted by Crippen LogP contribution is 2.37. The second kappa shape index (κ2) is 4.45. The minimum absolute atomic E-state index is 0.296. The zero-order chi connectivity index (χ0) is 14.5. The lowest BCUT2D eigenvalue weighted by Gasteiger charge is -2.32. The average Bonchev–Trinajstić information content (AvgIpc) is 2.98. The largest absolute Gasteiger partial charge is 0.505 e. The molecule has 1 fully saturated rings. The molecule has 1 aliphatic heterocycles. The smallest absolute Gasteiger partial charge is 0.399 e. The molecule has 0 aliphatic carbocycles. The van der Waals surface area contributed by atoms with Gasteiger partial charge in [-0.1, -0.05) is 0 Å². The molecule has 0 amide bonds. The van der Waals surface area contributed by atoms with Crippen molar-refractivity contribution in [1.29, 1.82) is 0 Å². The van der Waals surface area contributed by atoms with Crippen LogP contribution in [0.15, 0.2) is 24.5 Å². The van der Waals surface area contributed by atoms with E-state index in [2.05, 4.69) is 44.9 Å². The Hall–Kier alpha value is -1.11. The topological polar surface area (TPSA) is 36.3 Å². The molecule has 0 unspecified atom stereocenters. The van der Waals surface area contributed by atoms with E-state index in [0.717, 1.165) is 15.3 Å². The molecule has 0 saturated carbocycles. The van der Waals surface area contributed by atoms with Crippen LogP contribution in [0, 0.1) is 6.92 Å². The van der Waals surface area contributed by atoms with E-state index in [4.69, 9.17) is 9.31 Å². The third-order valence-corrected chi connectivity index (χ3v) is 5.13. The van der Waals surface area contributed by atoms with Gasteiger partial charge in [-0.05, 0) is 52.3 Å². The monoisotopic (exact) mass is 290 g/mol. The van der Waals surface area contributed by atoms with E-state index in [9.17, 15) is 0 Å². The fraction of sp³-hybridized carbons (Fsp3) is 0.500. The molecule has 0 atom stereocenters. The summed E-state index contributed by atoms with van der Waals surface area (Å²) in [7, 11) is -0.296. The van der Waals surface area contributed by atoms with Gasteiger partial charge in [0, 0.05) is 11.0 Å². The minimum atomic E-state index is -0.301. The fourth-order valence-electron chi connectivity index (χ4n) is 2.08. The van der Waals surface area contributed by atoms with E-state index in [-0.39, 0.29) is 18.3 Å². The van der Waals surface area contributed by atoms with Gasteiger partial charge in [0.15, 0.2) is 0 Å². The lowest BCUT2D eigenvalue weighted by atomic mass is 9.88. The van der Waals surface area contributed by atoms with Crippen molar-refractivity contribution < 1.29 is 9.31 Å². The third-order valence-electron chi connectivity index (χ3n) is 4.04. The SMILES string of the molecule is Cc1cnn(-c2ccc(B3OC(C)(C)C(C)(C)O3)s2)c1. The summed E-state index contributed by atoms with van der Waals surface area (Å²) in [6.45, 7) is 10.3. The van der Waals surface area contributed by atoms with Crippen molar-refractivity contribution in [3.05, 3.63) is 30.1 Å². The second-order valence-corrected chi connectivity index (χ2v) is 7.32. The number of nitrogens with zero attached hydrogens (tertiary/aromatic N) is 2. The molecule has 20 heavy (non-hydrogen) atoms. The average molecular weight is 290 g/mol. The Balaban J connectivity index is 1.85. The zero-order valence-electron chi connectivity index (χ0n) is 12.5. The number of hydrogen-bond acceptors (Lipinski definition) is 4. The number of thiophene rings is 1. The van der Waals surface area contributed by atoms with Crippen molar-refractivity contribution in [3.8, 4) is 5.00 Å². The maximum Gasteiger partial charge on any atom is 0.505 e. The number of aryl methyl sites for hydroxylation is 1. The van der Waals surface area contributed by atoms with Crippen LogP contribution in [0.2, 0.25) is 0 Å². The number of hydrogen-bond donors (Lipinski definition) is 0. The van der Waals surface area contributed by atoms with Crippen molar-refractivity contribution in [2.45, 2.75) is 45.8 Å². The summed E-state index contributed by atoms with van der Waals surface area (Å²) < 4.78 is 15.1. The van der Waals surface area contributed by atoms with Crippen LogP contribution in [0.5, 0.6) is 0 Å². The van der Waals surface area contributed by atoms with Crippen LogP contribution < -0.4 is 4.78 Å². The molecular weight excluding hydrogens is 271 g/mol. The summed E-state index contributed by atoms with van der Waals surface area (Å²) in [6, 6.07) is 4.11. The molecule has 4 nitrogen and oxygen atoms in total. The van der Waals surface area contributed by atoms with Crippen molar-refractivity contribution in [2.24, 2.45) is 0 Å². The van der Waals surface area contributed by atoms with Gasteiger partial charge in [0.2, 0.25) is 0 Å². The molecule has 0 N–H and O–H groups in total. The highest BCUT2D eigenvalue weighted by molar-refractivity contribution is 7.24. The van der Waals surface area contributed by atoms with Gasteiger partial charge in [0.05, 0.1) is 17.4 Å². The van der Waals surface area contributed by atoms with Crippen LogP contribution in [0.25, 0.3) is 5.00 Å². The first-order valence-corrected chi connectivity index (χ1v) is 7.57. The first kappa shape index (κ1) is 13.9. The first-order chi connectivity index (χ1) is 9.28. The maximum absolute atomic E-state index is 6.06. The van der Waals surface area contributed by atoms with E-state index >= 15 is 0 Å². The molecule has 0 aromatic carbocycles. The van der Waals surface area contributed by atoms with Gasteiger partial charge >= 0.3 is 7.12 Å². The summed E-state index contributed by atoms with van der Waals surface area (Å²) in [6.07, 6.45) is 3.87. The molecule has 2 aromatic heterocycles. The summed E-state index contributed by atoms with van der Waals surface area (Å²) in [5.41, 5.74) is 0.546. The van der Waals surface area contributed by atoms with Gasteiger partial charge in [-0.15, -0.1) is 11.3 Å². The normalized spacial score (nSPS) is 20.6. The van der Waals surface area contributed by atoms with Crippen LogP contribution in [0.1, 0.15) is 33.3 Å². The number of rotatable bonds is 2. The standard InChI is InChI=1S/C14H19BN2O2S/c1-10-8-16-17(9-10)12-7-6-11(20-12)15-18-13(2,3)14(4,5)19-15/h6-9H,1-5H3. The van der Waals surface area contributed by atoms with Gasteiger partial charge in [-0.3, -0.25) is 0 Å². The third kappa shape index (κ3) is 2.22. The highest BCUT2D eigenvalue weighted by Gasteiger charge is 2.52. The van der Waals surface area contributed by atoms with Gasteiger partial charge in [0.1, 0.15) is 5.00 Å². The Morgan fingerprint density at radius 2 is 1.80 bits per heavy atom. The van der Waals surface area contributed by atoms with Crippen molar-refractivity contribution in [1.82, 2.24) is 9.78 Å². The van der Waals surface area contributed by atoms with Gasteiger partial charge in [-0.25, -0.2) is 4.68 Å². The van der Waals surface area contributed by atoms with E-state index in [1.54, 1.807) is 11.3 Å². The van der Waals surface area contributed by atoms with Crippen molar-refractivity contribution >= 4 is 23.2 Å². The number of aromatic nitrogens is 2. The van der Waals surface area contributed by atoms with Crippen LogP contribution in [0.3, 0.4) is 0 Å². The van der Waals surface area contributed by atoms with Crippen LogP contribution in [-0.4, -0.2) is 28.1 Å². The summed E-state index contributed by atoms with van der Waals surface area (Å²) in [5, 5.41) is 5.40. The quantitative estimate of drug-likeness (QED) is 0.797. The van der Waals surface area contributed by atoms with E-state index in [0.29, 0.717) is 0 Å². The molecule has 0 radical (unpaired) electrons. The minimum Gasteiger partial charge on any atom is -0.399 e. The lowest BCUT2D eigenvalue weighted by molar-refractivity contribution is 0.00578. The second-order valence-electron chi connectivity index (χ2n) is 6.23. The molecule has 106 valence electrons. The summed E-state index contributed by atoms with van der Waals surface area (Å²) in [4.78, 5) is 0. The summed E-state index contributed by atoms with van der Waals surface area (Å²) >= 11 is 1.65. The molecular formula is C14H19BN2O2S. The molecule has 6 heteroatoms. The maximum atomic E-state index is 6.06. The predicted molar refractivity (Wildman–Crippen MR) is 81.9 cm³/mol. The van der Waals surface area contributed by atoms with Crippen molar-refractivity contribution in [3.63, 3.8) is 0 Å². The predicted octanol–water partition coefficient (Wildman–Crippen LogP) is 2.54. The van der Waals surface area contributed by atoms with E-state index < -0.39 is 0 Å². The Morgan fingerprint density at radius 3 is 2.35 bits per heavy atom. The summed E-state index contributed by atoms with van der Waals surface area (Å²) in [5.74, 6) is 0. The highest BCUT2D eigenvalue weighted by atomic mass is 32.1. The molecule has 2 aromatic rings. The Bertz CT molecular complexity index is 617. The van der Waals surface area contributed by atoms with Crippen molar-refractivity contribution in [2.75, 3.05) is 0 Å². The van der Waals surface area contributed by atoms with Crippen LogP contribution in [-0.2, 0) is 9.31 Å². The Labute approximate surface area is 123 Å². The first-order valence-electron chi connectivity index (χ1n) is 6.75. The van der Waals surface area contributed by atoms with Crippen LogP contribution in [0.4, 0.5) is 0 Å². The zero-order valence-corrected chi connectivity index (χ0v) is 13.3. The van der Waals surface area contributed by atoms with E-state index in [1.807, 2.05) is 24.0 Å². The van der Waals surface area contributed by atoms with E-state index in [1.165, 1.54) is 0 Å². The van der Waals surface area contributed by atoms with Gasteiger partial charge < -0.3 is 9.31 Å². The molecule has 3 rings (SSSR count). The Morgan fingerprint density at radius 1 is 1.15 bits per heavy atom. The van der Waals surface area contributed by atoms with Gasteiger partial charge in [-0.2, -0.15) is 5.10 Å². The molecule has 0 bridgehead atoms. The molecule has 1 saturated heterocycles. The van der Waals surface area contributed by atoms with Crippen LogP contribution >= 0.6 is 11.3 Å². The molecule has 1 aliphatic rings. The molecule has 3 heterocycles. The lowest BCUT2D eigenvalue weighted by Crippen LogP contribution is -2.41. The van der Waals surface area contributed by atoms with Gasteiger partial charge in [0.25, 0.3) is 0 Å². The Kier molecular flexibility index (Phi) is 3.08.